The predicted molar refractivity (Wildman–Crippen MR) is 123 cm³/mol. The lowest BCUT2D eigenvalue weighted by Gasteiger charge is -2.36. The van der Waals surface area contributed by atoms with Gasteiger partial charge in [0.05, 0.1) is 36.7 Å². The molecule has 2 amide bonds. The van der Waals surface area contributed by atoms with Crippen molar-refractivity contribution in [1.29, 1.82) is 0 Å². The van der Waals surface area contributed by atoms with Gasteiger partial charge in [0, 0.05) is 44.5 Å². The van der Waals surface area contributed by atoms with Crippen LogP contribution in [-0.4, -0.2) is 101 Å². The summed E-state index contributed by atoms with van der Waals surface area (Å²) in [6, 6.07) is -1.30. The number of likely N-dealkylation sites (tertiary alicyclic amines) is 1. The largest absolute Gasteiger partial charge is 0.419 e. The van der Waals surface area contributed by atoms with Gasteiger partial charge in [0.2, 0.25) is 5.95 Å². The number of anilines is 1. The molecule has 0 aromatic carbocycles. The molecule has 39 heavy (non-hydrogen) atoms. The van der Waals surface area contributed by atoms with Gasteiger partial charge in [-0.1, -0.05) is 0 Å². The average molecular weight is 565 g/mol. The molecule has 0 radical (unpaired) electrons. The Labute approximate surface area is 217 Å². The molecule has 11 nitrogen and oxygen atoms in total. The van der Waals surface area contributed by atoms with Gasteiger partial charge in [-0.05, 0) is 12.8 Å². The maximum absolute atomic E-state index is 13.3. The molecule has 0 aliphatic carbocycles. The summed E-state index contributed by atoms with van der Waals surface area (Å²) in [5.41, 5.74) is 0.121. The zero-order valence-electron chi connectivity index (χ0n) is 20.3. The minimum absolute atomic E-state index is 0.143. The molecule has 3 aliphatic rings. The Kier molecular flexibility index (Phi) is 8.39. The highest BCUT2D eigenvalue weighted by molar-refractivity contribution is 6.37. The SMILES string of the molecule is O=C1NN=CC(=N[C@@H](CO)CO[C@@H]2CCN(C3CCN(c4ncc(C(F)(F)F)cn4)CC3)C2=O)C1C(F)(F)F. The van der Waals surface area contributed by atoms with Crippen LogP contribution < -0.4 is 10.3 Å². The number of nitrogens with one attached hydrogen (secondary N) is 1. The number of aromatic nitrogens is 2. The van der Waals surface area contributed by atoms with Crippen LogP contribution in [0.3, 0.4) is 0 Å². The van der Waals surface area contributed by atoms with E-state index in [2.05, 4.69) is 20.1 Å². The van der Waals surface area contributed by atoms with Crippen molar-refractivity contribution < 1.29 is 45.8 Å². The minimum Gasteiger partial charge on any atom is -0.394 e. The Balaban J connectivity index is 1.30. The quantitative estimate of drug-likeness (QED) is 0.475. The topological polar surface area (TPSA) is 133 Å². The van der Waals surface area contributed by atoms with E-state index in [9.17, 15) is 41.0 Å². The number of ether oxygens (including phenoxy) is 1. The molecular formula is C22H25F6N7O4. The molecule has 1 aromatic rings. The van der Waals surface area contributed by atoms with E-state index in [1.165, 1.54) is 0 Å². The number of carbonyl (C=O) groups excluding carboxylic acids is 2. The summed E-state index contributed by atoms with van der Waals surface area (Å²) in [5.74, 6) is -4.07. The Morgan fingerprint density at radius 1 is 1.08 bits per heavy atom. The lowest BCUT2D eigenvalue weighted by atomic mass is 10.0. The number of aliphatic hydroxyl groups is 1. The number of rotatable bonds is 7. The number of hydrazone groups is 1. The Bertz CT molecular complexity index is 1100. The highest BCUT2D eigenvalue weighted by atomic mass is 19.4. The summed E-state index contributed by atoms with van der Waals surface area (Å²) >= 11 is 0. The zero-order chi connectivity index (χ0) is 28.4. The third kappa shape index (κ3) is 6.63. The fraction of sp³-hybridized carbons (Fsp3) is 0.636. The average Bonchev–Trinajstić information content (AvgIpc) is 3.25. The van der Waals surface area contributed by atoms with E-state index in [0.29, 0.717) is 38.9 Å². The number of hydrogen-bond donors (Lipinski definition) is 2. The van der Waals surface area contributed by atoms with Crippen molar-refractivity contribution in [3.05, 3.63) is 18.0 Å². The third-order valence-corrected chi connectivity index (χ3v) is 6.63. The van der Waals surface area contributed by atoms with Gasteiger partial charge >= 0.3 is 12.4 Å². The highest BCUT2D eigenvalue weighted by Gasteiger charge is 2.49. The molecular weight excluding hydrogens is 540 g/mol. The maximum atomic E-state index is 13.3. The number of halogens is 6. The molecule has 2 saturated heterocycles. The second-order valence-corrected chi connectivity index (χ2v) is 9.23. The van der Waals surface area contributed by atoms with Crippen LogP contribution in [0.25, 0.3) is 0 Å². The summed E-state index contributed by atoms with van der Waals surface area (Å²) in [5, 5.41) is 12.9. The molecule has 214 valence electrons. The fourth-order valence-electron chi connectivity index (χ4n) is 4.63. The van der Waals surface area contributed by atoms with Gasteiger partial charge in [-0.25, -0.2) is 15.4 Å². The predicted octanol–water partition coefficient (Wildman–Crippen LogP) is 1.18. The normalized spacial score (nSPS) is 24.9. The molecule has 17 heteroatoms. The fourth-order valence-corrected chi connectivity index (χ4v) is 4.63. The van der Waals surface area contributed by atoms with E-state index in [4.69, 9.17) is 4.74 Å². The van der Waals surface area contributed by atoms with E-state index in [1.54, 1.807) is 15.2 Å². The number of piperidine rings is 1. The number of hydrogen-bond acceptors (Lipinski definition) is 9. The van der Waals surface area contributed by atoms with Crippen LogP contribution in [0.15, 0.2) is 22.5 Å². The van der Waals surface area contributed by atoms with Crippen LogP contribution in [-0.2, 0) is 20.5 Å². The van der Waals surface area contributed by atoms with Crippen molar-refractivity contribution in [2.75, 3.05) is 37.7 Å². The zero-order valence-corrected chi connectivity index (χ0v) is 20.3. The van der Waals surface area contributed by atoms with E-state index in [1.807, 2.05) is 0 Å². The van der Waals surface area contributed by atoms with Crippen molar-refractivity contribution >= 4 is 29.7 Å². The first-order valence-electron chi connectivity index (χ1n) is 12.0. The first-order chi connectivity index (χ1) is 18.4. The molecule has 3 atom stereocenters. The maximum Gasteiger partial charge on any atom is 0.419 e. The minimum atomic E-state index is -4.91. The van der Waals surface area contributed by atoms with Gasteiger partial charge < -0.3 is 19.6 Å². The van der Waals surface area contributed by atoms with Crippen molar-refractivity contribution in [1.82, 2.24) is 20.3 Å². The number of aliphatic hydroxyl groups excluding tert-OH is 1. The summed E-state index contributed by atoms with van der Waals surface area (Å²) in [4.78, 5) is 39.4. The highest BCUT2D eigenvalue weighted by Crippen LogP contribution is 2.31. The molecule has 2 fully saturated rings. The molecule has 4 rings (SSSR count). The number of amides is 2. The molecule has 0 spiro atoms. The van der Waals surface area contributed by atoms with Crippen LogP contribution in [0.2, 0.25) is 0 Å². The summed E-state index contributed by atoms with van der Waals surface area (Å²) in [7, 11) is 0. The number of aliphatic imine (C=N–C) groups is 1. The number of carbonyl (C=O) groups is 2. The molecule has 2 N–H and O–H groups in total. The molecule has 0 bridgehead atoms. The van der Waals surface area contributed by atoms with E-state index in [-0.39, 0.29) is 24.5 Å². The van der Waals surface area contributed by atoms with Crippen molar-refractivity contribution in [3.8, 4) is 0 Å². The van der Waals surface area contributed by atoms with Gasteiger partial charge in [0.25, 0.3) is 11.8 Å². The van der Waals surface area contributed by atoms with Gasteiger partial charge in [0.1, 0.15) is 6.10 Å². The van der Waals surface area contributed by atoms with Crippen LogP contribution >= 0.6 is 0 Å². The Morgan fingerprint density at radius 2 is 1.74 bits per heavy atom. The molecule has 4 heterocycles. The van der Waals surface area contributed by atoms with Crippen LogP contribution in [0.1, 0.15) is 24.8 Å². The second kappa shape index (κ2) is 11.4. The lowest BCUT2D eigenvalue weighted by Crippen LogP contribution is -2.47. The summed E-state index contributed by atoms with van der Waals surface area (Å²) in [6.45, 7) is 0.189. The van der Waals surface area contributed by atoms with Crippen LogP contribution in [0.5, 0.6) is 0 Å². The monoisotopic (exact) mass is 565 g/mol. The first kappa shape index (κ1) is 28.7. The summed E-state index contributed by atoms with van der Waals surface area (Å²) < 4.78 is 83.6. The van der Waals surface area contributed by atoms with E-state index < -0.39 is 54.2 Å². The number of alkyl halides is 6. The van der Waals surface area contributed by atoms with Gasteiger partial charge in [-0.2, -0.15) is 31.4 Å². The van der Waals surface area contributed by atoms with E-state index >= 15 is 0 Å². The standard InChI is InChI=1S/C22H25F6N7O4/c23-21(24,25)12-7-29-20(30-8-12)34-4-1-14(2-5-34)35-6-3-16(19(35)38)39-11-13(10-36)32-15-9-31-33-18(37)17(15)22(26,27)28/h7-9,13-14,16-17,36H,1-6,10-11H2,(H,33,37)/t13-,16+,17?/m0/s1. The molecule has 3 aliphatic heterocycles. The molecule has 0 saturated carbocycles. The van der Waals surface area contributed by atoms with Gasteiger partial charge in [-0.3, -0.25) is 14.6 Å². The van der Waals surface area contributed by atoms with E-state index in [0.717, 1.165) is 18.6 Å². The lowest BCUT2D eigenvalue weighted by molar-refractivity contribution is -0.168. The Morgan fingerprint density at radius 3 is 2.33 bits per heavy atom. The van der Waals surface area contributed by atoms with Crippen molar-refractivity contribution in [3.63, 3.8) is 0 Å². The number of nitrogens with zero attached hydrogens (tertiary/aromatic N) is 6. The van der Waals surface area contributed by atoms with Crippen LogP contribution in [0.4, 0.5) is 32.3 Å². The van der Waals surface area contributed by atoms with Crippen molar-refractivity contribution in [2.45, 2.75) is 49.8 Å². The first-order valence-corrected chi connectivity index (χ1v) is 12.0. The van der Waals surface area contributed by atoms with Gasteiger partial charge in [0.15, 0.2) is 5.92 Å². The summed E-state index contributed by atoms with van der Waals surface area (Å²) in [6.07, 6.45) is -6.74. The van der Waals surface area contributed by atoms with Crippen molar-refractivity contribution in [2.24, 2.45) is 16.0 Å². The molecule has 1 unspecified atom stereocenters. The smallest absolute Gasteiger partial charge is 0.394 e. The van der Waals surface area contributed by atoms with Crippen LogP contribution in [0, 0.1) is 5.92 Å². The molecule has 1 aromatic heterocycles. The Hall–Kier alpha value is -3.34. The third-order valence-electron chi connectivity index (χ3n) is 6.63. The second-order valence-electron chi connectivity index (χ2n) is 9.23. The van der Waals surface area contributed by atoms with Gasteiger partial charge in [-0.15, -0.1) is 0 Å².